The average Bonchev–Trinajstić information content (AvgIpc) is 3.17. The first-order valence-corrected chi connectivity index (χ1v) is 7.30. The van der Waals surface area contributed by atoms with Gasteiger partial charge in [-0.2, -0.15) is 0 Å². The predicted octanol–water partition coefficient (Wildman–Crippen LogP) is 2.70. The van der Waals surface area contributed by atoms with Crippen molar-refractivity contribution in [1.82, 2.24) is 15.4 Å². The summed E-state index contributed by atoms with van der Waals surface area (Å²) in [7, 11) is 1.98. The summed E-state index contributed by atoms with van der Waals surface area (Å²) in [4.78, 5) is 2.08. The molecule has 112 valence electrons. The largest absolute Gasteiger partial charge is 0.360 e. The van der Waals surface area contributed by atoms with Crippen molar-refractivity contribution >= 4 is 0 Å². The summed E-state index contributed by atoms with van der Waals surface area (Å²) in [5.74, 6) is 0.635. The molecule has 3 rings (SSSR count). The number of hydrogen-bond acceptors (Lipinski definition) is 4. The molecule has 0 bridgehead atoms. The third-order valence-corrected chi connectivity index (χ3v) is 3.52. The number of nitrogens with one attached hydrogen (secondary N) is 1. The van der Waals surface area contributed by atoms with Gasteiger partial charge in [0.1, 0.15) is 5.82 Å². The van der Waals surface area contributed by atoms with Gasteiger partial charge in [0.25, 0.3) is 0 Å². The minimum Gasteiger partial charge on any atom is -0.360 e. The van der Waals surface area contributed by atoms with Crippen LogP contribution in [0.25, 0.3) is 0 Å². The number of halogens is 1. The maximum absolute atomic E-state index is 13.1. The van der Waals surface area contributed by atoms with Crippen LogP contribution in [0.4, 0.5) is 4.39 Å². The highest BCUT2D eigenvalue weighted by Gasteiger charge is 2.20. The van der Waals surface area contributed by atoms with Crippen molar-refractivity contribution in [3.63, 3.8) is 0 Å². The van der Waals surface area contributed by atoms with Gasteiger partial charge in [0, 0.05) is 25.2 Å². The fraction of sp³-hybridized carbons (Fsp3) is 0.438. The van der Waals surface area contributed by atoms with Crippen LogP contribution in [-0.2, 0) is 19.6 Å². The highest BCUT2D eigenvalue weighted by Crippen LogP contribution is 2.19. The van der Waals surface area contributed by atoms with E-state index in [1.807, 2.05) is 19.2 Å². The van der Waals surface area contributed by atoms with E-state index in [0.29, 0.717) is 19.1 Å². The van der Waals surface area contributed by atoms with E-state index < -0.39 is 0 Å². The molecular formula is C16H20FN3O. The second kappa shape index (κ2) is 6.37. The molecule has 1 heterocycles. The lowest BCUT2D eigenvalue weighted by atomic mass is 10.2. The van der Waals surface area contributed by atoms with Gasteiger partial charge < -0.3 is 9.84 Å². The Kier molecular flexibility index (Phi) is 4.31. The first-order valence-electron chi connectivity index (χ1n) is 7.30. The Balaban J connectivity index is 1.50. The van der Waals surface area contributed by atoms with E-state index in [2.05, 4.69) is 15.4 Å². The molecule has 0 radical (unpaired) electrons. The van der Waals surface area contributed by atoms with Crippen LogP contribution in [0.2, 0.25) is 0 Å². The van der Waals surface area contributed by atoms with E-state index >= 15 is 0 Å². The van der Waals surface area contributed by atoms with Crippen LogP contribution in [0.1, 0.15) is 29.9 Å². The van der Waals surface area contributed by atoms with Crippen LogP contribution >= 0.6 is 0 Å². The molecule has 1 aliphatic carbocycles. The van der Waals surface area contributed by atoms with Crippen molar-refractivity contribution in [3.05, 3.63) is 53.2 Å². The third-order valence-electron chi connectivity index (χ3n) is 3.52. The predicted molar refractivity (Wildman–Crippen MR) is 77.9 cm³/mol. The number of hydrogen-bond donors (Lipinski definition) is 1. The van der Waals surface area contributed by atoms with Gasteiger partial charge in [-0.05, 0) is 37.6 Å². The van der Waals surface area contributed by atoms with Gasteiger partial charge in [0.05, 0.1) is 12.2 Å². The zero-order chi connectivity index (χ0) is 14.7. The lowest BCUT2D eigenvalue weighted by molar-refractivity contribution is 0.265. The molecule has 1 aliphatic rings. The Bertz CT molecular complexity index is 595. The molecule has 1 aromatic heterocycles. The second-order valence-electron chi connectivity index (χ2n) is 5.74. The summed E-state index contributed by atoms with van der Waals surface area (Å²) in [6, 6.07) is 9.32. The Morgan fingerprint density at radius 3 is 2.95 bits per heavy atom. The lowest BCUT2D eigenvalue weighted by Crippen LogP contribution is -2.17. The molecule has 0 amide bonds. The van der Waals surface area contributed by atoms with E-state index in [1.54, 1.807) is 12.1 Å². The van der Waals surface area contributed by atoms with Gasteiger partial charge in [-0.25, -0.2) is 4.39 Å². The Morgan fingerprint density at radius 2 is 2.19 bits per heavy atom. The standard InChI is InChI=1S/C16H20FN3O/c1-20(10-12-3-2-4-13(17)7-12)11-16-8-15(19-21-16)9-18-14-5-6-14/h2-4,7-8,14,18H,5-6,9-11H2,1H3. The smallest absolute Gasteiger partial charge is 0.151 e. The summed E-state index contributed by atoms with van der Waals surface area (Å²) in [6.07, 6.45) is 2.53. The minimum absolute atomic E-state index is 0.200. The Labute approximate surface area is 123 Å². The van der Waals surface area contributed by atoms with E-state index in [9.17, 15) is 4.39 Å². The molecular weight excluding hydrogens is 269 g/mol. The fourth-order valence-corrected chi connectivity index (χ4v) is 2.32. The summed E-state index contributed by atoms with van der Waals surface area (Å²) < 4.78 is 18.5. The van der Waals surface area contributed by atoms with E-state index in [1.165, 1.54) is 18.9 Å². The summed E-state index contributed by atoms with van der Waals surface area (Å²) in [6.45, 7) is 2.10. The van der Waals surface area contributed by atoms with Gasteiger partial charge in [0.15, 0.2) is 5.76 Å². The molecule has 0 unspecified atom stereocenters. The quantitative estimate of drug-likeness (QED) is 0.851. The normalized spacial score (nSPS) is 14.8. The molecule has 4 nitrogen and oxygen atoms in total. The van der Waals surface area contributed by atoms with Crippen LogP contribution in [0.15, 0.2) is 34.9 Å². The van der Waals surface area contributed by atoms with Crippen molar-refractivity contribution in [1.29, 1.82) is 0 Å². The Hall–Kier alpha value is -1.72. The molecule has 0 saturated heterocycles. The van der Waals surface area contributed by atoms with Crippen molar-refractivity contribution in [3.8, 4) is 0 Å². The van der Waals surface area contributed by atoms with Gasteiger partial charge in [-0.3, -0.25) is 4.90 Å². The van der Waals surface area contributed by atoms with Gasteiger partial charge in [0.2, 0.25) is 0 Å². The first kappa shape index (κ1) is 14.2. The van der Waals surface area contributed by atoms with Crippen LogP contribution < -0.4 is 5.32 Å². The van der Waals surface area contributed by atoms with Crippen LogP contribution in [0.5, 0.6) is 0 Å². The van der Waals surface area contributed by atoms with E-state index in [-0.39, 0.29) is 5.82 Å². The zero-order valence-corrected chi connectivity index (χ0v) is 12.2. The minimum atomic E-state index is -0.200. The van der Waals surface area contributed by atoms with Crippen molar-refractivity contribution < 1.29 is 8.91 Å². The van der Waals surface area contributed by atoms with E-state index in [4.69, 9.17) is 4.52 Å². The molecule has 1 aromatic carbocycles. The summed E-state index contributed by atoms with van der Waals surface area (Å²) >= 11 is 0. The maximum Gasteiger partial charge on any atom is 0.151 e. The SMILES string of the molecule is CN(Cc1cccc(F)c1)Cc1cc(CNC2CC2)no1. The van der Waals surface area contributed by atoms with E-state index in [0.717, 1.165) is 23.6 Å². The highest BCUT2D eigenvalue weighted by molar-refractivity contribution is 5.16. The van der Waals surface area contributed by atoms with Gasteiger partial charge >= 0.3 is 0 Å². The first-order chi connectivity index (χ1) is 10.2. The maximum atomic E-state index is 13.1. The zero-order valence-electron chi connectivity index (χ0n) is 12.2. The molecule has 0 aliphatic heterocycles. The number of benzene rings is 1. The average molecular weight is 289 g/mol. The number of rotatable bonds is 7. The highest BCUT2D eigenvalue weighted by atomic mass is 19.1. The fourth-order valence-electron chi connectivity index (χ4n) is 2.32. The van der Waals surface area contributed by atoms with Crippen LogP contribution in [-0.4, -0.2) is 23.1 Å². The van der Waals surface area contributed by atoms with Crippen LogP contribution in [0, 0.1) is 5.82 Å². The monoisotopic (exact) mass is 289 g/mol. The molecule has 21 heavy (non-hydrogen) atoms. The second-order valence-corrected chi connectivity index (χ2v) is 5.74. The molecule has 1 N–H and O–H groups in total. The molecule has 1 fully saturated rings. The number of nitrogens with zero attached hydrogens (tertiary/aromatic N) is 2. The van der Waals surface area contributed by atoms with Gasteiger partial charge in [-0.1, -0.05) is 17.3 Å². The molecule has 0 atom stereocenters. The van der Waals surface area contributed by atoms with Crippen molar-refractivity contribution in [2.75, 3.05) is 7.05 Å². The lowest BCUT2D eigenvalue weighted by Gasteiger charge is -2.14. The summed E-state index contributed by atoms with van der Waals surface area (Å²) in [5, 5.41) is 7.47. The van der Waals surface area contributed by atoms with Crippen LogP contribution in [0.3, 0.4) is 0 Å². The van der Waals surface area contributed by atoms with Gasteiger partial charge in [-0.15, -0.1) is 0 Å². The molecule has 1 saturated carbocycles. The van der Waals surface area contributed by atoms with Crippen molar-refractivity contribution in [2.24, 2.45) is 0 Å². The molecule has 5 heteroatoms. The number of aromatic nitrogens is 1. The Morgan fingerprint density at radius 1 is 1.33 bits per heavy atom. The molecule has 0 spiro atoms. The topological polar surface area (TPSA) is 41.3 Å². The van der Waals surface area contributed by atoms with Crippen molar-refractivity contribution in [2.45, 2.75) is 38.5 Å². The molecule has 2 aromatic rings. The summed E-state index contributed by atoms with van der Waals surface area (Å²) in [5.41, 5.74) is 1.89. The third kappa shape index (κ3) is 4.37.